The summed E-state index contributed by atoms with van der Waals surface area (Å²) in [5, 5.41) is 9.75. The zero-order chi connectivity index (χ0) is 35.2. The number of aromatic nitrogens is 1. The first-order valence-corrected chi connectivity index (χ1v) is 17.2. The van der Waals surface area contributed by atoms with Gasteiger partial charge in [-0.25, -0.2) is 0 Å². The molecule has 9 heteroatoms. The van der Waals surface area contributed by atoms with E-state index in [-0.39, 0.29) is 33.9 Å². The molecule has 49 heavy (non-hydrogen) atoms. The third-order valence-electron chi connectivity index (χ3n) is 10.5. The Morgan fingerprint density at radius 3 is 2.33 bits per heavy atom. The predicted octanol–water partition coefficient (Wildman–Crippen LogP) is 6.17. The fourth-order valence-electron chi connectivity index (χ4n) is 7.96. The number of hydrogen-bond acceptors (Lipinski definition) is 7. The molecule has 0 N–H and O–H groups in total. The van der Waals surface area contributed by atoms with Crippen molar-refractivity contribution in [3.05, 3.63) is 86.9 Å². The van der Waals surface area contributed by atoms with E-state index in [2.05, 4.69) is 52.3 Å². The van der Waals surface area contributed by atoms with Crippen LogP contribution in [0.1, 0.15) is 61.9 Å². The first-order valence-electron chi connectivity index (χ1n) is 17.2. The number of carbonyl (C=O) groups excluding carboxylic acids is 1. The minimum atomic E-state index is -0.243. The molecule has 1 spiro atoms. The summed E-state index contributed by atoms with van der Waals surface area (Å²) in [6.07, 6.45) is 5.51. The number of amides is 1. The maximum Gasteiger partial charge on any atom is 0.264 e. The van der Waals surface area contributed by atoms with Crippen LogP contribution in [0.4, 0.5) is 5.69 Å². The highest BCUT2D eigenvalue weighted by Gasteiger charge is 2.52. The number of rotatable bonds is 8. The van der Waals surface area contributed by atoms with Gasteiger partial charge in [0.15, 0.2) is 0 Å². The van der Waals surface area contributed by atoms with Crippen molar-refractivity contribution < 1.29 is 14.3 Å². The van der Waals surface area contributed by atoms with Crippen molar-refractivity contribution in [2.75, 3.05) is 51.8 Å². The number of aryl methyl sites for hydroxylation is 1. The second-order valence-corrected chi connectivity index (χ2v) is 15.4. The molecule has 0 bridgehead atoms. The average Bonchev–Trinajstić information content (AvgIpc) is 3.54. The molecule has 0 radical (unpaired) electrons. The van der Waals surface area contributed by atoms with Crippen LogP contribution in [-0.4, -0.2) is 67.2 Å². The molecule has 1 atom stereocenters. The minimum Gasteiger partial charge on any atom is -0.496 e. The van der Waals surface area contributed by atoms with Crippen molar-refractivity contribution in [1.29, 1.82) is 5.26 Å². The minimum absolute atomic E-state index is 0.0116. The lowest BCUT2D eigenvalue weighted by molar-refractivity contribution is -0.127. The van der Waals surface area contributed by atoms with Gasteiger partial charge in [0.2, 0.25) is 0 Å². The van der Waals surface area contributed by atoms with Gasteiger partial charge < -0.3 is 23.8 Å². The Morgan fingerprint density at radius 2 is 1.71 bits per heavy atom. The standard InChI is InChI=1S/C40H49N5O4/c1-26-27(2)37(46)42(6)20-32(26)29-16-35(48-7)33(36(17-29)49-8)21-43-22-40(23-43)24-44(25-40)31-12-9-11-28(15-31)34-13-10-14-45(34)38(47)30(19-41)18-39(3,4)5/h9,11-12,15-18,20,34H,10,13-14,21-25H2,1-8H3/b30-18+. The molecular weight excluding hydrogens is 614 g/mol. The number of ether oxygens (including phenoxy) is 2. The van der Waals surface area contributed by atoms with Crippen LogP contribution in [0.25, 0.3) is 11.1 Å². The second kappa shape index (κ2) is 13.1. The molecular formula is C40H49N5O4. The Labute approximate surface area is 290 Å². The Hall–Kier alpha value is -4.55. The summed E-state index contributed by atoms with van der Waals surface area (Å²) in [5.41, 5.74) is 7.26. The number of allylic oxidation sites excluding steroid dienone is 1. The topological polar surface area (TPSA) is 91.0 Å². The van der Waals surface area contributed by atoms with Crippen molar-refractivity contribution in [1.82, 2.24) is 14.4 Å². The van der Waals surface area contributed by atoms with E-state index in [1.54, 1.807) is 31.9 Å². The molecule has 1 amide bonds. The Bertz CT molecular complexity index is 1870. The van der Waals surface area contributed by atoms with E-state index in [1.807, 2.05) is 45.7 Å². The largest absolute Gasteiger partial charge is 0.496 e. The van der Waals surface area contributed by atoms with Crippen LogP contribution in [0, 0.1) is 36.0 Å². The number of nitriles is 1. The SMILES string of the molecule is COc1cc(-c2cn(C)c(=O)c(C)c2C)cc(OC)c1CN1CC2(C1)CN(c1cccc(C3CCCN3C(=O)/C(C#N)=C/C(C)(C)C)c1)C2. The van der Waals surface area contributed by atoms with Crippen molar-refractivity contribution in [2.24, 2.45) is 17.9 Å². The molecule has 3 fully saturated rings. The number of nitrogens with zero attached hydrogens (tertiary/aromatic N) is 5. The van der Waals surface area contributed by atoms with Crippen molar-refractivity contribution in [2.45, 2.75) is 60.0 Å². The molecule has 1 aromatic heterocycles. The highest BCUT2D eigenvalue weighted by molar-refractivity contribution is 5.97. The molecule has 4 heterocycles. The number of hydrogen-bond donors (Lipinski definition) is 0. The zero-order valence-corrected chi connectivity index (χ0v) is 30.2. The van der Waals surface area contributed by atoms with E-state index in [0.29, 0.717) is 6.54 Å². The van der Waals surface area contributed by atoms with E-state index in [9.17, 15) is 14.9 Å². The molecule has 0 saturated carbocycles. The highest BCUT2D eigenvalue weighted by atomic mass is 16.5. The Morgan fingerprint density at radius 1 is 1.04 bits per heavy atom. The molecule has 2 aromatic carbocycles. The summed E-state index contributed by atoms with van der Waals surface area (Å²) in [6.45, 7) is 15.3. The number of carbonyl (C=O) groups is 1. The molecule has 6 rings (SSSR count). The van der Waals surface area contributed by atoms with Gasteiger partial charge >= 0.3 is 0 Å². The fourth-order valence-corrected chi connectivity index (χ4v) is 7.96. The number of methoxy groups -OCH3 is 2. The normalized spacial score (nSPS) is 19.0. The van der Waals surface area contributed by atoms with E-state index in [4.69, 9.17) is 9.47 Å². The number of anilines is 1. The van der Waals surface area contributed by atoms with E-state index >= 15 is 0 Å². The fraction of sp³-hybridized carbons (Fsp3) is 0.475. The number of benzene rings is 2. The molecule has 0 aliphatic carbocycles. The van der Waals surface area contributed by atoms with Crippen LogP contribution < -0.4 is 19.9 Å². The van der Waals surface area contributed by atoms with Gasteiger partial charge in [-0.1, -0.05) is 39.0 Å². The average molecular weight is 664 g/mol. The number of pyridine rings is 1. The third kappa shape index (κ3) is 6.59. The first-order chi connectivity index (χ1) is 23.3. The van der Waals surface area contributed by atoms with Gasteiger partial charge in [0.1, 0.15) is 23.1 Å². The lowest BCUT2D eigenvalue weighted by Crippen LogP contribution is -2.72. The van der Waals surface area contributed by atoms with Gasteiger partial charge in [-0.3, -0.25) is 14.5 Å². The lowest BCUT2D eigenvalue weighted by atomic mass is 9.72. The van der Waals surface area contributed by atoms with Crippen LogP contribution in [0.2, 0.25) is 0 Å². The molecule has 3 aromatic rings. The van der Waals surface area contributed by atoms with Gasteiger partial charge in [0.05, 0.1) is 25.8 Å². The van der Waals surface area contributed by atoms with Crippen molar-refractivity contribution in [3.8, 4) is 28.7 Å². The maximum absolute atomic E-state index is 13.4. The molecule has 1 unspecified atom stereocenters. The first kappa shape index (κ1) is 34.3. The van der Waals surface area contributed by atoms with Gasteiger partial charge in [0.25, 0.3) is 11.5 Å². The van der Waals surface area contributed by atoms with Gasteiger partial charge in [0, 0.05) is 74.7 Å². The molecule has 258 valence electrons. The maximum atomic E-state index is 13.4. The summed E-state index contributed by atoms with van der Waals surface area (Å²) in [7, 11) is 5.18. The lowest BCUT2D eigenvalue weighted by Gasteiger charge is -2.61. The van der Waals surface area contributed by atoms with Crippen molar-refractivity contribution in [3.63, 3.8) is 0 Å². The Kier molecular flexibility index (Phi) is 9.14. The van der Waals surface area contributed by atoms with Crippen LogP contribution in [0.3, 0.4) is 0 Å². The highest BCUT2D eigenvalue weighted by Crippen LogP contribution is 2.45. The second-order valence-electron chi connectivity index (χ2n) is 15.4. The number of likely N-dealkylation sites (tertiary alicyclic amines) is 2. The van der Waals surface area contributed by atoms with Crippen LogP contribution in [0.15, 0.2) is 59.0 Å². The molecule has 9 nitrogen and oxygen atoms in total. The van der Waals surface area contributed by atoms with Crippen molar-refractivity contribution >= 4 is 11.6 Å². The third-order valence-corrected chi connectivity index (χ3v) is 10.5. The van der Waals surface area contributed by atoms with Gasteiger partial charge in [-0.05, 0) is 73.1 Å². The van der Waals surface area contributed by atoms with Crippen LogP contribution in [0.5, 0.6) is 11.5 Å². The molecule has 3 aliphatic heterocycles. The van der Waals surface area contributed by atoms with Gasteiger partial charge in [-0.2, -0.15) is 5.26 Å². The van der Waals surface area contributed by atoms with E-state index < -0.39 is 0 Å². The van der Waals surface area contributed by atoms with Crippen LogP contribution >= 0.6 is 0 Å². The summed E-state index contributed by atoms with van der Waals surface area (Å²) in [6, 6.07) is 14.9. The molecule has 3 aliphatic rings. The smallest absolute Gasteiger partial charge is 0.264 e. The predicted molar refractivity (Wildman–Crippen MR) is 193 cm³/mol. The molecule has 3 saturated heterocycles. The Balaban J connectivity index is 1.12. The van der Waals surface area contributed by atoms with Crippen LogP contribution in [-0.2, 0) is 18.4 Å². The summed E-state index contributed by atoms with van der Waals surface area (Å²) >= 11 is 0. The summed E-state index contributed by atoms with van der Waals surface area (Å²) in [4.78, 5) is 32.7. The van der Waals surface area contributed by atoms with Gasteiger partial charge in [-0.15, -0.1) is 0 Å². The van der Waals surface area contributed by atoms with E-state index in [0.717, 1.165) is 90.4 Å². The van der Waals surface area contributed by atoms with E-state index in [1.165, 1.54) is 5.69 Å². The quantitative estimate of drug-likeness (QED) is 0.210. The summed E-state index contributed by atoms with van der Waals surface area (Å²) < 4.78 is 13.4. The summed E-state index contributed by atoms with van der Waals surface area (Å²) in [5.74, 6) is 1.40. The zero-order valence-electron chi connectivity index (χ0n) is 30.2. The monoisotopic (exact) mass is 663 g/mol.